The Morgan fingerprint density at radius 2 is 1.74 bits per heavy atom. The maximum atomic E-state index is 12.4. The number of hydrogen-bond donors (Lipinski definition) is 1. The van der Waals surface area contributed by atoms with Gasteiger partial charge in [-0.05, 0) is 36.7 Å². The molecule has 6 heteroatoms. The van der Waals surface area contributed by atoms with Gasteiger partial charge in [-0.15, -0.1) is 0 Å². The van der Waals surface area contributed by atoms with Gasteiger partial charge in [0.15, 0.2) is 0 Å². The van der Waals surface area contributed by atoms with E-state index >= 15 is 0 Å². The molecule has 19 heavy (non-hydrogen) atoms. The Morgan fingerprint density at radius 3 is 2.32 bits per heavy atom. The highest BCUT2D eigenvalue weighted by molar-refractivity contribution is 9.10. The van der Waals surface area contributed by atoms with Crippen LogP contribution in [-0.4, -0.2) is 18.9 Å². The molecule has 0 unspecified atom stereocenters. The maximum absolute atomic E-state index is 12.4. The summed E-state index contributed by atoms with van der Waals surface area (Å²) >= 11 is 3.33. The van der Waals surface area contributed by atoms with E-state index in [4.69, 9.17) is 0 Å². The van der Waals surface area contributed by atoms with Gasteiger partial charge in [-0.25, -0.2) is 18.1 Å². The second kappa shape index (κ2) is 4.85. The predicted molar refractivity (Wildman–Crippen MR) is 79.5 cm³/mol. The number of halogens is 1. The lowest BCUT2D eigenvalue weighted by Gasteiger charge is -2.21. The summed E-state index contributed by atoms with van der Waals surface area (Å²) in [6.07, 6.45) is 1.38. The number of nitrogens with one attached hydrogen (secondary N) is 1. The first-order valence-electron chi connectivity index (χ1n) is 5.78. The SMILES string of the molecule is CC(C)(C)NS(=O)(=O)c1cnc(Br)c2ccccc12. The fourth-order valence-electron chi connectivity index (χ4n) is 1.80. The van der Waals surface area contributed by atoms with E-state index in [1.807, 2.05) is 18.2 Å². The second-order valence-electron chi connectivity index (χ2n) is 5.31. The van der Waals surface area contributed by atoms with E-state index in [-0.39, 0.29) is 4.90 Å². The molecule has 0 aliphatic rings. The molecule has 0 saturated carbocycles. The highest BCUT2D eigenvalue weighted by atomic mass is 79.9. The van der Waals surface area contributed by atoms with Crippen molar-refractivity contribution >= 4 is 36.7 Å². The average Bonchev–Trinajstić information content (AvgIpc) is 2.26. The van der Waals surface area contributed by atoms with Crippen molar-refractivity contribution in [2.45, 2.75) is 31.2 Å². The fraction of sp³-hybridized carbons (Fsp3) is 0.308. The Morgan fingerprint density at radius 1 is 1.16 bits per heavy atom. The number of aromatic nitrogens is 1. The zero-order valence-corrected chi connectivity index (χ0v) is 13.3. The number of benzene rings is 1. The Balaban J connectivity index is 2.67. The van der Waals surface area contributed by atoms with Crippen LogP contribution in [0.1, 0.15) is 20.8 Å². The number of hydrogen-bond acceptors (Lipinski definition) is 3. The third kappa shape index (κ3) is 3.13. The molecule has 1 heterocycles. The van der Waals surface area contributed by atoms with E-state index in [1.54, 1.807) is 26.8 Å². The number of rotatable bonds is 2. The van der Waals surface area contributed by atoms with Crippen LogP contribution in [0, 0.1) is 0 Å². The summed E-state index contributed by atoms with van der Waals surface area (Å²) in [5, 5.41) is 1.43. The summed E-state index contributed by atoms with van der Waals surface area (Å²) in [5.41, 5.74) is -0.535. The molecule has 2 rings (SSSR count). The van der Waals surface area contributed by atoms with Crippen molar-refractivity contribution in [2.75, 3.05) is 0 Å². The Bertz CT molecular complexity index is 721. The predicted octanol–water partition coefficient (Wildman–Crippen LogP) is 3.07. The highest BCUT2D eigenvalue weighted by Gasteiger charge is 2.24. The van der Waals surface area contributed by atoms with Crippen LogP contribution >= 0.6 is 15.9 Å². The lowest BCUT2D eigenvalue weighted by molar-refractivity contribution is 0.492. The largest absolute Gasteiger partial charge is 0.247 e. The van der Waals surface area contributed by atoms with Gasteiger partial charge < -0.3 is 0 Å². The van der Waals surface area contributed by atoms with Crippen molar-refractivity contribution < 1.29 is 8.42 Å². The molecule has 0 saturated heterocycles. The molecule has 4 nitrogen and oxygen atoms in total. The van der Waals surface area contributed by atoms with E-state index in [0.29, 0.717) is 9.99 Å². The number of nitrogens with zero attached hydrogens (tertiary/aromatic N) is 1. The normalized spacial score (nSPS) is 12.8. The smallest absolute Gasteiger partial charge is 0.243 e. The molecule has 2 aromatic rings. The molecule has 0 amide bonds. The first-order chi connectivity index (χ1) is 8.71. The summed E-state index contributed by atoms with van der Waals surface area (Å²) in [4.78, 5) is 4.30. The van der Waals surface area contributed by atoms with Crippen LogP contribution in [0.4, 0.5) is 0 Å². The van der Waals surface area contributed by atoms with E-state index in [1.165, 1.54) is 6.20 Å². The van der Waals surface area contributed by atoms with Crippen LogP contribution in [0.5, 0.6) is 0 Å². The fourth-order valence-corrected chi connectivity index (χ4v) is 3.83. The Hall–Kier alpha value is -0.980. The molecule has 1 aromatic carbocycles. The van der Waals surface area contributed by atoms with E-state index < -0.39 is 15.6 Å². The minimum Gasteiger partial charge on any atom is -0.247 e. The van der Waals surface area contributed by atoms with Gasteiger partial charge in [-0.1, -0.05) is 24.3 Å². The van der Waals surface area contributed by atoms with E-state index in [0.717, 1.165) is 5.39 Å². The van der Waals surface area contributed by atoms with Crippen LogP contribution in [0.2, 0.25) is 0 Å². The molecule has 0 radical (unpaired) electrons. The van der Waals surface area contributed by atoms with Crippen molar-refractivity contribution in [3.63, 3.8) is 0 Å². The zero-order valence-electron chi connectivity index (χ0n) is 10.9. The monoisotopic (exact) mass is 342 g/mol. The summed E-state index contributed by atoms with van der Waals surface area (Å²) in [6, 6.07) is 7.27. The van der Waals surface area contributed by atoms with Gasteiger partial charge in [-0.2, -0.15) is 0 Å². The van der Waals surface area contributed by atoms with Gasteiger partial charge in [0.25, 0.3) is 0 Å². The molecular weight excluding hydrogens is 328 g/mol. The van der Waals surface area contributed by atoms with Gasteiger partial charge >= 0.3 is 0 Å². The molecule has 0 fully saturated rings. The zero-order chi connectivity index (χ0) is 14.3. The maximum Gasteiger partial charge on any atom is 0.243 e. The molecule has 1 aromatic heterocycles. The molecule has 1 N–H and O–H groups in total. The minimum atomic E-state index is -3.59. The topological polar surface area (TPSA) is 59.1 Å². The first kappa shape index (κ1) is 14.4. The molecule has 0 atom stereocenters. The van der Waals surface area contributed by atoms with Gasteiger partial charge in [0.2, 0.25) is 10.0 Å². The number of pyridine rings is 1. The Kier molecular flexibility index (Phi) is 3.68. The van der Waals surface area contributed by atoms with Gasteiger partial charge in [0.05, 0.1) is 0 Å². The van der Waals surface area contributed by atoms with Crippen molar-refractivity contribution in [1.29, 1.82) is 0 Å². The van der Waals surface area contributed by atoms with Gasteiger partial charge in [-0.3, -0.25) is 0 Å². The summed E-state index contributed by atoms with van der Waals surface area (Å²) in [5.74, 6) is 0. The average molecular weight is 343 g/mol. The van der Waals surface area contributed by atoms with Crippen LogP contribution in [-0.2, 0) is 10.0 Å². The van der Waals surface area contributed by atoms with Crippen molar-refractivity contribution in [1.82, 2.24) is 9.71 Å². The molecule has 0 bridgehead atoms. The standard InChI is InChI=1S/C13H15BrN2O2S/c1-13(2,3)16-19(17,18)11-8-15-12(14)10-7-5-4-6-9(10)11/h4-8,16H,1-3H3. The number of sulfonamides is 1. The van der Waals surface area contributed by atoms with Crippen molar-refractivity contribution in [2.24, 2.45) is 0 Å². The molecule has 102 valence electrons. The lowest BCUT2D eigenvalue weighted by Crippen LogP contribution is -2.40. The number of fused-ring (bicyclic) bond motifs is 1. The molecule has 0 aliphatic carbocycles. The van der Waals surface area contributed by atoms with E-state index in [2.05, 4.69) is 25.6 Å². The van der Waals surface area contributed by atoms with Gasteiger partial charge in [0.1, 0.15) is 9.50 Å². The third-order valence-electron chi connectivity index (χ3n) is 2.44. The van der Waals surface area contributed by atoms with Crippen LogP contribution in [0.25, 0.3) is 10.8 Å². The van der Waals surface area contributed by atoms with Crippen LogP contribution in [0.15, 0.2) is 40.0 Å². The second-order valence-corrected chi connectivity index (χ2v) is 7.72. The first-order valence-corrected chi connectivity index (χ1v) is 8.05. The van der Waals surface area contributed by atoms with E-state index in [9.17, 15) is 8.42 Å². The summed E-state index contributed by atoms with van der Waals surface area (Å²) in [6.45, 7) is 5.41. The molecular formula is C13H15BrN2O2S. The lowest BCUT2D eigenvalue weighted by atomic mass is 10.1. The summed E-state index contributed by atoms with van der Waals surface area (Å²) < 4.78 is 28.1. The molecule has 0 spiro atoms. The van der Waals surface area contributed by atoms with Gasteiger partial charge in [0, 0.05) is 22.5 Å². The van der Waals surface area contributed by atoms with Crippen LogP contribution in [0.3, 0.4) is 0 Å². The Labute approximate surface area is 121 Å². The minimum absolute atomic E-state index is 0.196. The third-order valence-corrected chi connectivity index (χ3v) is 4.86. The molecule has 0 aliphatic heterocycles. The quantitative estimate of drug-likeness (QED) is 0.853. The van der Waals surface area contributed by atoms with Crippen molar-refractivity contribution in [3.8, 4) is 0 Å². The van der Waals surface area contributed by atoms with Crippen LogP contribution < -0.4 is 4.72 Å². The van der Waals surface area contributed by atoms with Crippen molar-refractivity contribution in [3.05, 3.63) is 35.1 Å². The summed E-state index contributed by atoms with van der Waals surface area (Å²) in [7, 11) is -3.59. The highest BCUT2D eigenvalue weighted by Crippen LogP contribution is 2.27.